The Kier molecular flexibility index (Phi) is 5.45. The van der Waals surface area contributed by atoms with Crippen LogP contribution in [-0.4, -0.2) is 24.4 Å². The fraction of sp³-hybridized carbons (Fsp3) is 0.176. The Morgan fingerprint density at radius 3 is 2.52 bits per heavy atom. The monoisotopic (exact) mass is 424 g/mol. The van der Waals surface area contributed by atoms with Crippen molar-refractivity contribution in [3.8, 4) is 28.6 Å². The molecule has 8 heteroatoms. The second kappa shape index (κ2) is 7.76. The second-order valence-electron chi connectivity index (χ2n) is 4.94. The van der Waals surface area contributed by atoms with Gasteiger partial charge < -0.3 is 18.7 Å². The minimum absolute atomic E-state index is 0.139. The Balaban J connectivity index is 1.74. The molecule has 0 amide bonds. The molecule has 0 aliphatic rings. The van der Waals surface area contributed by atoms with Crippen molar-refractivity contribution in [3.05, 3.63) is 51.8 Å². The second-order valence-corrected chi connectivity index (χ2v) is 6.24. The zero-order valence-corrected chi connectivity index (χ0v) is 15.8. The highest BCUT2D eigenvalue weighted by molar-refractivity contribution is 9.10. The third-order valence-corrected chi connectivity index (χ3v) is 4.21. The van der Waals surface area contributed by atoms with Gasteiger partial charge in [-0.05, 0) is 52.3 Å². The van der Waals surface area contributed by atoms with Gasteiger partial charge in [-0.1, -0.05) is 16.8 Å². The molecule has 0 N–H and O–H groups in total. The van der Waals surface area contributed by atoms with Gasteiger partial charge in [0.05, 0.1) is 18.7 Å². The summed E-state index contributed by atoms with van der Waals surface area (Å²) < 4.78 is 22.1. The first-order chi connectivity index (χ1) is 12.1. The summed E-state index contributed by atoms with van der Waals surface area (Å²) in [5, 5.41) is 4.59. The molecule has 1 heterocycles. The van der Waals surface area contributed by atoms with Gasteiger partial charge in [-0.3, -0.25) is 0 Å². The van der Waals surface area contributed by atoms with E-state index in [0.717, 1.165) is 10.0 Å². The van der Waals surface area contributed by atoms with Crippen molar-refractivity contribution in [3.63, 3.8) is 0 Å². The fourth-order valence-corrected chi connectivity index (χ4v) is 2.93. The molecular weight excluding hydrogens is 412 g/mol. The Bertz CT molecular complexity index is 885. The number of benzene rings is 2. The molecule has 0 aliphatic heterocycles. The van der Waals surface area contributed by atoms with Crippen LogP contribution in [0, 0.1) is 0 Å². The number of methoxy groups -OCH3 is 2. The highest BCUT2D eigenvalue weighted by Gasteiger charge is 2.13. The number of ether oxygens (including phenoxy) is 3. The lowest BCUT2D eigenvalue weighted by atomic mass is 10.2. The molecule has 0 aliphatic carbocycles. The van der Waals surface area contributed by atoms with Crippen molar-refractivity contribution >= 4 is 27.5 Å². The Morgan fingerprint density at radius 1 is 1.04 bits per heavy atom. The maximum atomic E-state index is 5.91. The summed E-state index contributed by atoms with van der Waals surface area (Å²) in [5.74, 6) is 2.65. The van der Waals surface area contributed by atoms with E-state index in [-0.39, 0.29) is 6.61 Å². The summed E-state index contributed by atoms with van der Waals surface area (Å²) in [6, 6.07) is 10.6. The molecule has 6 nitrogen and oxygen atoms in total. The quantitative estimate of drug-likeness (QED) is 0.568. The van der Waals surface area contributed by atoms with Crippen molar-refractivity contribution in [2.45, 2.75) is 6.61 Å². The van der Waals surface area contributed by atoms with Gasteiger partial charge in [-0.25, -0.2) is 0 Å². The Morgan fingerprint density at radius 2 is 1.80 bits per heavy atom. The average Bonchev–Trinajstić information content (AvgIpc) is 3.09. The van der Waals surface area contributed by atoms with E-state index in [9.17, 15) is 0 Å². The van der Waals surface area contributed by atoms with Crippen LogP contribution >= 0.6 is 27.5 Å². The van der Waals surface area contributed by atoms with E-state index in [1.54, 1.807) is 44.6 Å². The molecule has 3 aromatic rings. The molecule has 0 fully saturated rings. The van der Waals surface area contributed by atoms with E-state index < -0.39 is 0 Å². The molecule has 3 rings (SSSR count). The SMILES string of the molecule is COc1ccc(-c2noc(COc3ccc(Cl)cc3Br)n2)cc1OC. The minimum Gasteiger partial charge on any atom is -0.493 e. The lowest BCUT2D eigenvalue weighted by Crippen LogP contribution is -1.96. The van der Waals surface area contributed by atoms with E-state index >= 15 is 0 Å². The predicted molar refractivity (Wildman–Crippen MR) is 96.3 cm³/mol. The van der Waals surface area contributed by atoms with Crippen LogP contribution in [0.4, 0.5) is 0 Å². The van der Waals surface area contributed by atoms with Gasteiger partial charge >= 0.3 is 0 Å². The lowest BCUT2D eigenvalue weighted by Gasteiger charge is -2.07. The van der Waals surface area contributed by atoms with Crippen LogP contribution in [0.5, 0.6) is 17.2 Å². The number of hydrogen-bond donors (Lipinski definition) is 0. The van der Waals surface area contributed by atoms with Crippen LogP contribution < -0.4 is 14.2 Å². The maximum absolute atomic E-state index is 5.91. The first kappa shape index (κ1) is 17.6. The summed E-state index contributed by atoms with van der Waals surface area (Å²) in [7, 11) is 3.15. The van der Waals surface area contributed by atoms with Gasteiger partial charge in [0, 0.05) is 10.6 Å². The molecule has 0 unspecified atom stereocenters. The third kappa shape index (κ3) is 4.05. The smallest absolute Gasteiger partial charge is 0.264 e. The van der Waals surface area contributed by atoms with E-state index in [1.807, 2.05) is 6.07 Å². The lowest BCUT2D eigenvalue weighted by molar-refractivity contribution is 0.242. The van der Waals surface area contributed by atoms with E-state index in [2.05, 4.69) is 26.1 Å². The molecule has 0 saturated heterocycles. The topological polar surface area (TPSA) is 66.6 Å². The number of hydrogen-bond acceptors (Lipinski definition) is 6. The molecule has 0 radical (unpaired) electrons. The highest BCUT2D eigenvalue weighted by Crippen LogP contribution is 2.31. The summed E-state index contributed by atoms with van der Waals surface area (Å²) in [5.41, 5.74) is 0.750. The highest BCUT2D eigenvalue weighted by atomic mass is 79.9. The molecule has 0 atom stereocenters. The summed E-state index contributed by atoms with van der Waals surface area (Å²) in [4.78, 5) is 4.33. The molecule has 0 spiro atoms. The predicted octanol–water partition coefficient (Wildman–Crippen LogP) is 4.75. The zero-order valence-electron chi connectivity index (χ0n) is 13.5. The maximum Gasteiger partial charge on any atom is 0.264 e. The number of halogens is 2. The van der Waals surface area contributed by atoms with Gasteiger partial charge in [0.2, 0.25) is 5.82 Å². The van der Waals surface area contributed by atoms with Crippen LogP contribution in [-0.2, 0) is 6.61 Å². The van der Waals surface area contributed by atoms with Crippen molar-refractivity contribution < 1.29 is 18.7 Å². The van der Waals surface area contributed by atoms with Gasteiger partial charge in [-0.15, -0.1) is 0 Å². The third-order valence-electron chi connectivity index (χ3n) is 3.35. The first-order valence-corrected chi connectivity index (χ1v) is 8.40. The molecule has 0 saturated carbocycles. The molecule has 130 valence electrons. The van der Waals surface area contributed by atoms with Gasteiger partial charge in [0.1, 0.15) is 5.75 Å². The van der Waals surface area contributed by atoms with Crippen LogP contribution in [0.2, 0.25) is 5.02 Å². The van der Waals surface area contributed by atoms with Crippen molar-refractivity contribution in [1.29, 1.82) is 0 Å². The molecular formula is C17H14BrClN2O4. The van der Waals surface area contributed by atoms with Gasteiger partial charge in [0.15, 0.2) is 18.1 Å². The van der Waals surface area contributed by atoms with Crippen LogP contribution in [0.1, 0.15) is 5.89 Å². The first-order valence-electron chi connectivity index (χ1n) is 7.23. The molecule has 2 aromatic carbocycles. The van der Waals surface area contributed by atoms with Crippen LogP contribution in [0.15, 0.2) is 45.4 Å². The fourth-order valence-electron chi connectivity index (χ4n) is 2.14. The summed E-state index contributed by atoms with van der Waals surface area (Å²) in [6.45, 7) is 0.139. The van der Waals surface area contributed by atoms with E-state index in [4.69, 9.17) is 30.3 Å². The standard InChI is InChI=1S/C17H14BrClN2O4/c1-22-14-5-3-10(7-15(14)23-2)17-20-16(25-21-17)9-24-13-6-4-11(19)8-12(13)18/h3-8H,9H2,1-2H3. The molecule has 1 aromatic heterocycles. The van der Waals surface area contributed by atoms with Crippen molar-refractivity contribution in [2.24, 2.45) is 0 Å². The van der Waals surface area contributed by atoms with Gasteiger partial charge in [-0.2, -0.15) is 4.98 Å². The largest absolute Gasteiger partial charge is 0.493 e. The Hall–Kier alpha value is -2.25. The number of aromatic nitrogens is 2. The van der Waals surface area contributed by atoms with Crippen LogP contribution in [0.25, 0.3) is 11.4 Å². The molecule has 25 heavy (non-hydrogen) atoms. The number of nitrogens with zero attached hydrogens (tertiary/aromatic N) is 2. The van der Waals surface area contributed by atoms with Crippen molar-refractivity contribution in [1.82, 2.24) is 10.1 Å². The summed E-state index contributed by atoms with van der Waals surface area (Å²) >= 11 is 9.30. The summed E-state index contributed by atoms with van der Waals surface area (Å²) in [6.07, 6.45) is 0. The van der Waals surface area contributed by atoms with Crippen LogP contribution in [0.3, 0.4) is 0 Å². The van der Waals surface area contributed by atoms with E-state index in [0.29, 0.717) is 34.0 Å². The molecule has 0 bridgehead atoms. The minimum atomic E-state index is 0.139. The zero-order chi connectivity index (χ0) is 17.8. The normalized spacial score (nSPS) is 10.6. The van der Waals surface area contributed by atoms with Crippen molar-refractivity contribution in [2.75, 3.05) is 14.2 Å². The average molecular weight is 426 g/mol. The van der Waals surface area contributed by atoms with Gasteiger partial charge in [0.25, 0.3) is 5.89 Å². The van der Waals surface area contributed by atoms with E-state index in [1.165, 1.54) is 0 Å². The Labute approximate surface area is 157 Å². The number of rotatable bonds is 6.